The van der Waals surface area contributed by atoms with E-state index in [-0.39, 0.29) is 49.4 Å². The number of sulfonamides is 1. The molecule has 3 heterocycles. The SMILES string of the molecule is CC(=O)N1CCC(C(=O)N(CCCN2CC3CN(S(=O)(=O)c4ccc(F)cc4Cl)CC3C2)c2ccc(C)c(Cl)c2)CC1.O=S(=O)(Cl)c1ccc(F)cc1Cl. The number of amides is 2. The minimum Gasteiger partial charge on any atom is -0.343 e. The Hall–Kier alpha value is -2.56. The number of carbonyl (C=O) groups is 2. The molecular formula is C36H40Cl4F2N4O6S2. The molecule has 3 aromatic carbocycles. The molecule has 0 bridgehead atoms. The Morgan fingerprint density at radius 3 is 1.85 bits per heavy atom. The molecule has 3 saturated heterocycles. The van der Waals surface area contributed by atoms with Crippen molar-refractivity contribution >= 4 is 82.1 Å². The molecule has 2 unspecified atom stereocenters. The molecule has 294 valence electrons. The normalized spacial score (nSPS) is 19.7. The standard InChI is InChI=1S/C30H37Cl2FN4O4S.C6H3Cl2FO2S/c1-20-4-6-26(15-27(20)31)37(30(39)22-8-12-35(13-9-22)21(2)38)11-3-10-34-16-23-18-36(19-24(23)17-34)42(40,41)29-7-5-25(33)14-28(29)32;7-5-3-4(9)1-2-6(5)12(8,10)11/h4-7,14-15,22-24H,3,8-13,16-19H2,1-2H3;1-3H. The predicted molar refractivity (Wildman–Crippen MR) is 206 cm³/mol. The van der Waals surface area contributed by atoms with Crippen LogP contribution < -0.4 is 4.90 Å². The number of rotatable bonds is 9. The summed E-state index contributed by atoms with van der Waals surface area (Å²) < 4.78 is 75.2. The number of carbonyl (C=O) groups excluding carboxylic acids is 2. The summed E-state index contributed by atoms with van der Waals surface area (Å²) in [5.41, 5.74) is 1.73. The number of likely N-dealkylation sites (tertiary alicyclic amines) is 2. The molecule has 18 heteroatoms. The zero-order chi connectivity index (χ0) is 39.5. The Kier molecular flexibility index (Phi) is 14.0. The van der Waals surface area contributed by atoms with Gasteiger partial charge in [-0.2, -0.15) is 4.31 Å². The van der Waals surface area contributed by atoms with Gasteiger partial charge in [0.05, 0.1) is 10.0 Å². The molecule has 3 aliphatic heterocycles. The topological polar surface area (TPSA) is 115 Å². The summed E-state index contributed by atoms with van der Waals surface area (Å²) in [6, 6.07) is 12.0. The molecule has 3 fully saturated rings. The fraction of sp³-hybridized carbons (Fsp3) is 0.444. The zero-order valence-corrected chi connectivity index (χ0v) is 34.2. The van der Waals surface area contributed by atoms with Crippen LogP contribution in [0.15, 0.2) is 64.4 Å². The lowest BCUT2D eigenvalue weighted by atomic mass is 9.94. The van der Waals surface area contributed by atoms with Crippen molar-refractivity contribution in [1.29, 1.82) is 0 Å². The monoisotopic (exact) mass is 866 g/mol. The fourth-order valence-corrected chi connectivity index (χ4v) is 10.9. The van der Waals surface area contributed by atoms with Crippen molar-refractivity contribution in [2.75, 3.05) is 57.3 Å². The van der Waals surface area contributed by atoms with Crippen LogP contribution in [0.4, 0.5) is 14.5 Å². The van der Waals surface area contributed by atoms with Crippen molar-refractivity contribution < 1.29 is 35.2 Å². The first-order valence-electron chi connectivity index (χ1n) is 17.3. The largest absolute Gasteiger partial charge is 0.343 e. The highest BCUT2D eigenvalue weighted by atomic mass is 35.7. The molecule has 2 atom stereocenters. The van der Waals surface area contributed by atoms with Gasteiger partial charge in [-0.15, -0.1) is 0 Å². The van der Waals surface area contributed by atoms with Gasteiger partial charge in [0.15, 0.2) is 0 Å². The average Bonchev–Trinajstić information content (AvgIpc) is 3.67. The highest BCUT2D eigenvalue weighted by Gasteiger charge is 2.44. The smallest absolute Gasteiger partial charge is 0.262 e. The highest BCUT2D eigenvalue weighted by Crippen LogP contribution is 2.36. The van der Waals surface area contributed by atoms with Gasteiger partial charge in [0, 0.05) is 80.0 Å². The van der Waals surface area contributed by atoms with Crippen LogP contribution in [-0.2, 0) is 28.7 Å². The van der Waals surface area contributed by atoms with E-state index in [2.05, 4.69) is 4.90 Å². The first-order chi connectivity index (χ1) is 25.3. The van der Waals surface area contributed by atoms with Gasteiger partial charge in [0.25, 0.3) is 9.05 Å². The Balaban J connectivity index is 0.000000398. The number of hydrogen-bond acceptors (Lipinski definition) is 7. The second-order valence-electron chi connectivity index (χ2n) is 13.7. The maximum Gasteiger partial charge on any atom is 0.262 e. The molecule has 3 aromatic rings. The lowest BCUT2D eigenvalue weighted by Crippen LogP contribution is -2.44. The van der Waals surface area contributed by atoms with E-state index in [0.29, 0.717) is 50.6 Å². The van der Waals surface area contributed by atoms with Gasteiger partial charge in [-0.25, -0.2) is 25.6 Å². The summed E-state index contributed by atoms with van der Waals surface area (Å²) in [5.74, 6) is -0.802. The van der Waals surface area contributed by atoms with Crippen LogP contribution in [0.25, 0.3) is 0 Å². The van der Waals surface area contributed by atoms with E-state index < -0.39 is 30.7 Å². The van der Waals surface area contributed by atoms with Crippen LogP contribution in [0.5, 0.6) is 0 Å². The van der Waals surface area contributed by atoms with E-state index >= 15 is 0 Å². The summed E-state index contributed by atoms with van der Waals surface area (Å²) in [6.07, 6.45) is 2.05. The molecule has 10 nitrogen and oxygen atoms in total. The van der Waals surface area contributed by atoms with Crippen molar-refractivity contribution in [2.45, 2.75) is 42.9 Å². The van der Waals surface area contributed by atoms with E-state index in [1.807, 2.05) is 30.0 Å². The molecule has 0 radical (unpaired) electrons. The molecule has 0 N–H and O–H groups in total. The predicted octanol–water partition coefficient (Wildman–Crippen LogP) is 7.08. The number of anilines is 1. The molecule has 3 aliphatic rings. The average molecular weight is 869 g/mol. The summed E-state index contributed by atoms with van der Waals surface area (Å²) in [5, 5.41) is 0.294. The first-order valence-corrected chi connectivity index (χ1v) is 22.1. The Labute approximate surface area is 334 Å². The summed E-state index contributed by atoms with van der Waals surface area (Å²) in [4.78, 5) is 31.1. The first kappa shape index (κ1) is 42.6. The molecule has 2 amide bonds. The number of nitrogens with zero attached hydrogens (tertiary/aromatic N) is 4. The minimum atomic E-state index is -3.88. The Bertz CT molecular complexity index is 2090. The Morgan fingerprint density at radius 2 is 1.35 bits per heavy atom. The van der Waals surface area contributed by atoms with Gasteiger partial charge < -0.3 is 14.7 Å². The number of halogens is 6. The van der Waals surface area contributed by atoms with Gasteiger partial charge in [-0.1, -0.05) is 40.9 Å². The summed E-state index contributed by atoms with van der Waals surface area (Å²) in [7, 11) is -2.70. The van der Waals surface area contributed by atoms with Crippen molar-refractivity contribution in [3.05, 3.63) is 86.9 Å². The molecule has 6 rings (SSSR count). The molecule has 0 saturated carbocycles. The van der Waals surface area contributed by atoms with Crippen molar-refractivity contribution in [3.8, 4) is 0 Å². The Morgan fingerprint density at radius 1 is 0.796 bits per heavy atom. The highest BCUT2D eigenvalue weighted by molar-refractivity contribution is 8.13. The van der Waals surface area contributed by atoms with Gasteiger partial charge in [-0.3, -0.25) is 9.59 Å². The van der Waals surface area contributed by atoms with Crippen LogP contribution in [0, 0.1) is 36.3 Å². The fourth-order valence-electron chi connectivity index (χ4n) is 7.15. The molecule has 0 aromatic heterocycles. The van der Waals surface area contributed by atoms with Crippen molar-refractivity contribution in [3.63, 3.8) is 0 Å². The van der Waals surface area contributed by atoms with Gasteiger partial charge in [0.2, 0.25) is 21.8 Å². The minimum absolute atomic E-state index is 0.0402. The van der Waals surface area contributed by atoms with Crippen molar-refractivity contribution in [1.82, 2.24) is 14.1 Å². The lowest BCUT2D eigenvalue weighted by Gasteiger charge is -2.34. The molecule has 0 aliphatic carbocycles. The maximum absolute atomic E-state index is 13.7. The quantitative estimate of drug-likeness (QED) is 0.211. The number of benzene rings is 3. The van der Waals surface area contributed by atoms with Gasteiger partial charge in [0.1, 0.15) is 21.4 Å². The number of fused-ring (bicyclic) bond motifs is 1. The second-order valence-corrected chi connectivity index (χ2v) is 19.4. The van der Waals surface area contributed by atoms with Gasteiger partial charge in [-0.05, 0) is 98.7 Å². The van der Waals surface area contributed by atoms with E-state index in [1.54, 1.807) is 11.8 Å². The second kappa shape index (κ2) is 17.7. The summed E-state index contributed by atoms with van der Waals surface area (Å²) >= 11 is 17.9. The van der Waals surface area contributed by atoms with Gasteiger partial charge >= 0.3 is 0 Å². The number of piperidine rings is 1. The third kappa shape index (κ3) is 10.2. The maximum atomic E-state index is 13.7. The summed E-state index contributed by atoms with van der Waals surface area (Å²) in [6.45, 7) is 8.37. The van der Waals surface area contributed by atoms with Crippen LogP contribution in [0.2, 0.25) is 15.1 Å². The molecular weight excluding hydrogens is 828 g/mol. The molecule has 54 heavy (non-hydrogen) atoms. The van der Waals surface area contributed by atoms with Crippen LogP contribution >= 0.6 is 45.5 Å². The number of aryl methyl sites for hydroxylation is 1. The third-order valence-corrected chi connectivity index (χ3v) is 14.6. The van der Waals surface area contributed by atoms with Crippen LogP contribution in [0.3, 0.4) is 0 Å². The van der Waals surface area contributed by atoms with E-state index in [0.717, 1.165) is 67.6 Å². The molecule has 0 spiro atoms. The van der Waals surface area contributed by atoms with Crippen LogP contribution in [-0.4, -0.2) is 95.1 Å². The lowest BCUT2D eigenvalue weighted by molar-refractivity contribution is -0.133. The van der Waals surface area contributed by atoms with E-state index in [9.17, 15) is 35.2 Å². The van der Waals surface area contributed by atoms with Crippen LogP contribution in [0.1, 0.15) is 31.7 Å². The van der Waals surface area contributed by atoms with Crippen molar-refractivity contribution in [2.24, 2.45) is 17.8 Å². The van der Waals surface area contributed by atoms with E-state index in [4.69, 9.17) is 45.5 Å². The third-order valence-electron chi connectivity index (χ3n) is 10.1. The van der Waals surface area contributed by atoms with E-state index in [1.165, 1.54) is 10.4 Å². The zero-order valence-electron chi connectivity index (χ0n) is 29.5. The number of hydrogen-bond donors (Lipinski definition) is 0.